The standard InChI is InChI=1S/C12H17NO2/c1-15-12-4-2-9(3-5-12)10-6-11(14)8-13-7-10/h2-5,10-11,13-14H,6-8H2,1H3. The Hall–Kier alpha value is -1.06. The van der Waals surface area contributed by atoms with E-state index in [0.29, 0.717) is 12.5 Å². The summed E-state index contributed by atoms with van der Waals surface area (Å²) in [5, 5.41) is 12.8. The van der Waals surface area contributed by atoms with Crippen LogP contribution >= 0.6 is 0 Å². The quantitative estimate of drug-likeness (QED) is 0.764. The van der Waals surface area contributed by atoms with Gasteiger partial charge in [-0.15, -0.1) is 0 Å². The monoisotopic (exact) mass is 207 g/mol. The summed E-state index contributed by atoms with van der Waals surface area (Å²) in [4.78, 5) is 0. The molecule has 2 unspecified atom stereocenters. The van der Waals surface area contributed by atoms with Gasteiger partial charge in [-0.25, -0.2) is 0 Å². The number of benzene rings is 1. The van der Waals surface area contributed by atoms with E-state index in [0.717, 1.165) is 18.7 Å². The molecule has 3 heteroatoms. The summed E-state index contributed by atoms with van der Waals surface area (Å²) in [6.45, 7) is 1.66. The number of piperidine rings is 1. The van der Waals surface area contributed by atoms with Gasteiger partial charge in [-0.1, -0.05) is 12.1 Å². The molecule has 2 N–H and O–H groups in total. The van der Waals surface area contributed by atoms with Gasteiger partial charge in [0.15, 0.2) is 0 Å². The Labute approximate surface area is 90.1 Å². The van der Waals surface area contributed by atoms with Crippen LogP contribution < -0.4 is 10.1 Å². The van der Waals surface area contributed by atoms with Gasteiger partial charge in [0, 0.05) is 13.1 Å². The van der Waals surface area contributed by atoms with Crippen molar-refractivity contribution in [3.63, 3.8) is 0 Å². The predicted octanol–water partition coefficient (Wildman–Crippen LogP) is 1.13. The molecule has 2 atom stereocenters. The molecule has 0 bridgehead atoms. The molecule has 0 amide bonds. The van der Waals surface area contributed by atoms with Gasteiger partial charge in [-0.2, -0.15) is 0 Å². The van der Waals surface area contributed by atoms with Crippen molar-refractivity contribution in [3.8, 4) is 5.75 Å². The molecule has 1 aliphatic rings. The van der Waals surface area contributed by atoms with Gasteiger partial charge in [0.05, 0.1) is 13.2 Å². The second-order valence-electron chi connectivity index (χ2n) is 4.02. The van der Waals surface area contributed by atoms with Gasteiger partial charge in [0.25, 0.3) is 0 Å². The molecule has 0 radical (unpaired) electrons. The van der Waals surface area contributed by atoms with Crippen LogP contribution in [-0.4, -0.2) is 31.4 Å². The second-order valence-corrected chi connectivity index (χ2v) is 4.02. The number of ether oxygens (including phenoxy) is 1. The van der Waals surface area contributed by atoms with Crippen LogP contribution in [0, 0.1) is 0 Å². The van der Waals surface area contributed by atoms with E-state index in [9.17, 15) is 5.11 Å². The first-order valence-corrected chi connectivity index (χ1v) is 5.32. The van der Waals surface area contributed by atoms with Crippen LogP contribution in [0.3, 0.4) is 0 Å². The molecule has 1 heterocycles. The Balaban J connectivity index is 2.07. The number of aliphatic hydroxyl groups is 1. The van der Waals surface area contributed by atoms with E-state index in [1.54, 1.807) is 7.11 Å². The minimum Gasteiger partial charge on any atom is -0.497 e. The molecule has 1 fully saturated rings. The summed E-state index contributed by atoms with van der Waals surface area (Å²) in [5.41, 5.74) is 1.27. The first-order valence-electron chi connectivity index (χ1n) is 5.32. The van der Waals surface area contributed by atoms with E-state index in [4.69, 9.17) is 4.74 Å². The van der Waals surface area contributed by atoms with E-state index < -0.39 is 0 Å². The number of hydrogen-bond donors (Lipinski definition) is 2. The van der Waals surface area contributed by atoms with Crippen LogP contribution in [0.4, 0.5) is 0 Å². The van der Waals surface area contributed by atoms with E-state index in [2.05, 4.69) is 17.4 Å². The largest absolute Gasteiger partial charge is 0.497 e. The average molecular weight is 207 g/mol. The van der Waals surface area contributed by atoms with Crippen LogP contribution in [0.2, 0.25) is 0 Å². The minimum absolute atomic E-state index is 0.217. The number of hydrogen-bond acceptors (Lipinski definition) is 3. The Bertz CT molecular complexity index is 310. The summed E-state index contributed by atoms with van der Waals surface area (Å²) in [7, 11) is 1.67. The minimum atomic E-state index is -0.217. The van der Waals surface area contributed by atoms with E-state index in [1.165, 1.54) is 5.56 Å². The molecular weight excluding hydrogens is 190 g/mol. The van der Waals surface area contributed by atoms with Crippen LogP contribution in [0.1, 0.15) is 17.9 Å². The van der Waals surface area contributed by atoms with Gasteiger partial charge in [-0.3, -0.25) is 0 Å². The zero-order chi connectivity index (χ0) is 10.7. The topological polar surface area (TPSA) is 41.5 Å². The zero-order valence-corrected chi connectivity index (χ0v) is 8.94. The smallest absolute Gasteiger partial charge is 0.118 e. The van der Waals surface area contributed by atoms with Crippen molar-refractivity contribution in [3.05, 3.63) is 29.8 Å². The predicted molar refractivity (Wildman–Crippen MR) is 59.2 cm³/mol. The number of nitrogens with one attached hydrogen (secondary N) is 1. The third-order valence-electron chi connectivity index (χ3n) is 2.91. The fraction of sp³-hybridized carbons (Fsp3) is 0.500. The SMILES string of the molecule is COc1ccc(C2CNCC(O)C2)cc1. The molecule has 2 rings (SSSR count). The van der Waals surface area contributed by atoms with Gasteiger partial charge in [-0.05, 0) is 30.0 Å². The molecule has 0 aromatic heterocycles. The highest BCUT2D eigenvalue weighted by Gasteiger charge is 2.20. The third-order valence-corrected chi connectivity index (χ3v) is 2.91. The number of aliphatic hydroxyl groups excluding tert-OH is 1. The summed E-state index contributed by atoms with van der Waals surface area (Å²) in [5.74, 6) is 1.29. The fourth-order valence-electron chi connectivity index (χ4n) is 2.05. The lowest BCUT2D eigenvalue weighted by molar-refractivity contribution is 0.132. The lowest BCUT2D eigenvalue weighted by atomic mass is 9.90. The van der Waals surface area contributed by atoms with Crippen LogP contribution in [0.5, 0.6) is 5.75 Å². The van der Waals surface area contributed by atoms with Crippen molar-refractivity contribution in [1.29, 1.82) is 0 Å². The maximum atomic E-state index is 9.55. The lowest BCUT2D eigenvalue weighted by Gasteiger charge is -2.27. The van der Waals surface area contributed by atoms with Crippen LogP contribution in [-0.2, 0) is 0 Å². The van der Waals surface area contributed by atoms with E-state index >= 15 is 0 Å². The Morgan fingerprint density at radius 1 is 1.27 bits per heavy atom. The number of rotatable bonds is 2. The summed E-state index contributed by atoms with van der Waals surface area (Å²) < 4.78 is 5.11. The maximum absolute atomic E-state index is 9.55. The lowest BCUT2D eigenvalue weighted by Crippen LogP contribution is -2.38. The van der Waals surface area contributed by atoms with Gasteiger partial charge < -0.3 is 15.2 Å². The Kier molecular flexibility index (Phi) is 3.23. The molecule has 1 aromatic rings. The van der Waals surface area contributed by atoms with E-state index in [1.807, 2.05) is 12.1 Å². The maximum Gasteiger partial charge on any atom is 0.118 e. The molecule has 3 nitrogen and oxygen atoms in total. The van der Waals surface area contributed by atoms with Crippen molar-refractivity contribution >= 4 is 0 Å². The second kappa shape index (κ2) is 4.64. The van der Waals surface area contributed by atoms with Crippen LogP contribution in [0.25, 0.3) is 0 Å². The van der Waals surface area contributed by atoms with Crippen molar-refractivity contribution in [2.45, 2.75) is 18.4 Å². The normalized spacial score (nSPS) is 26.3. The Morgan fingerprint density at radius 2 is 2.00 bits per heavy atom. The first-order chi connectivity index (χ1) is 7.29. The highest BCUT2D eigenvalue weighted by atomic mass is 16.5. The molecule has 0 spiro atoms. The number of methoxy groups -OCH3 is 1. The fourth-order valence-corrected chi connectivity index (χ4v) is 2.05. The van der Waals surface area contributed by atoms with Gasteiger partial charge >= 0.3 is 0 Å². The van der Waals surface area contributed by atoms with Gasteiger partial charge in [0.1, 0.15) is 5.75 Å². The van der Waals surface area contributed by atoms with Crippen molar-refractivity contribution in [2.24, 2.45) is 0 Å². The first kappa shape index (κ1) is 10.5. The summed E-state index contributed by atoms with van der Waals surface area (Å²) >= 11 is 0. The highest BCUT2D eigenvalue weighted by Crippen LogP contribution is 2.24. The number of β-amino-alcohol motifs (C(OH)–C–C–N with tert-alkyl or cyclic N) is 1. The zero-order valence-electron chi connectivity index (χ0n) is 8.94. The molecule has 0 aliphatic carbocycles. The van der Waals surface area contributed by atoms with Gasteiger partial charge in [0.2, 0.25) is 0 Å². The highest BCUT2D eigenvalue weighted by molar-refractivity contribution is 5.29. The van der Waals surface area contributed by atoms with E-state index in [-0.39, 0.29) is 6.10 Å². The average Bonchev–Trinajstić information content (AvgIpc) is 2.29. The summed E-state index contributed by atoms with van der Waals surface area (Å²) in [6, 6.07) is 8.08. The van der Waals surface area contributed by atoms with Crippen molar-refractivity contribution in [1.82, 2.24) is 5.32 Å². The molecule has 1 saturated heterocycles. The molecule has 15 heavy (non-hydrogen) atoms. The molecule has 1 aromatic carbocycles. The summed E-state index contributed by atoms with van der Waals surface area (Å²) in [6.07, 6.45) is 0.630. The Morgan fingerprint density at radius 3 is 2.60 bits per heavy atom. The molecule has 1 aliphatic heterocycles. The molecular formula is C12H17NO2. The van der Waals surface area contributed by atoms with Crippen molar-refractivity contribution in [2.75, 3.05) is 20.2 Å². The van der Waals surface area contributed by atoms with Crippen molar-refractivity contribution < 1.29 is 9.84 Å². The van der Waals surface area contributed by atoms with Crippen LogP contribution in [0.15, 0.2) is 24.3 Å². The molecule has 0 saturated carbocycles. The molecule has 82 valence electrons. The third kappa shape index (κ3) is 2.49.